The van der Waals surface area contributed by atoms with Crippen LogP contribution in [0.2, 0.25) is 5.02 Å². The van der Waals surface area contributed by atoms with Gasteiger partial charge in [0.2, 0.25) is 0 Å². The maximum Gasteiger partial charge on any atom is 0.274 e. The highest BCUT2D eigenvalue weighted by molar-refractivity contribution is 6.31. The molecule has 0 saturated heterocycles. The molecule has 6 nitrogen and oxygen atoms in total. The lowest BCUT2D eigenvalue weighted by Gasteiger charge is -2.28. The Morgan fingerprint density at radius 2 is 1.72 bits per heavy atom. The first kappa shape index (κ1) is 21.0. The fraction of sp³-hybridized carbons (Fsp3) is 0.318. The predicted octanol–water partition coefficient (Wildman–Crippen LogP) is 1.98. The molecule has 152 valence electrons. The summed E-state index contributed by atoms with van der Waals surface area (Å²) in [5, 5.41) is 8.95. The van der Waals surface area contributed by atoms with Crippen molar-refractivity contribution in [2.75, 3.05) is 19.6 Å². The van der Waals surface area contributed by atoms with Gasteiger partial charge in [-0.25, -0.2) is 4.68 Å². The van der Waals surface area contributed by atoms with Crippen molar-refractivity contribution >= 4 is 28.3 Å². The van der Waals surface area contributed by atoms with Crippen LogP contribution in [0.3, 0.4) is 0 Å². The van der Waals surface area contributed by atoms with Crippen LogP contribution in [0.15, 0.2) is 53.3 Å². The largest absolute Gasteiger partial charge is 0.344 e. The predicted molar refractivity (Wildman–Crippen MR) is 116 cm³/mol. The average molecular weight is 414 g/mol. The molecule has 0 aliphatic carbocycles. The zero-order valence-corrected chi connectivity index (χ0v) is 17.7. The molecule has 0 radical (unpaired) electrons. The van der Waals surface area contributed by atoms with Gasteiger partial charge in [0.15, 0.2) is 5.69 Å². The van der Waals surface area contributed by atoms with E-state index in [1.54, 1.807) is 31.3 Å². The molecular formula is C22H26ClN4O2+. The first-order valence-electron chi connectivity index (χ1n) is 9.81. The lowest BCUT2D eigenvalue weighted by molar-refractivity contribution is -0.927. The second-order valence-electron chi connectivity index (χ2n) is 6.97. The number of carbonyl (C=O) groups excluding carboxylic acids is 1. The summed E-state index contributed by atoms with van der Waals surface area (Å²) in [6.07, 6.45) is 0. The van der Waals surface area contributed by atoms with Crippen LogP contribution in [-0.4, -0.2) is 35.3 Å². The first-order valence-corrected chi connectivity index (χ1v) is 10.2. The van der Waals surface area contributed by atoms with E-state index in [9.17, 15) is 9.59 Å². The number of fused-ring (bicyclic) bond motifs is 1. The van der Waals surface area contributed by atoms with Gasteiger partial charge in [-0.1, -0.05) is 48.0 Å². The minimum Gasteiger partial charge on any atom is -0.344 e. The van der Waals surface area contributed by atoms with Crippen molar-refractivity contribution < 1.29 is 9.69 Å². The van der Waals surface area contributed by atoms with E-state index in [0.717, 1.165) is 18.7 Å². The quantitative estimate of drug-likeness (QED) is 0.622. The average Bonchev–Trinajstić information content (AvgIpc) is 2.74. The third-order valence-electron chi connectivity index (χ3n) is 5.32. The highest BCUT2D eigenvalue weighted by atomic mass is 35.5. The van der Waals surface area contributed by atoms with E-state index in [4.69, 9.17) is 11.6 Å². The summed E-state index contributed by atoms with van der Waals surface area (Å²) in [5.74, 6) is -0.305. The van der Waals surface area contributed by atoms with Crippen LogP contribution in [-0.2, 0) is 7.05 Å². The number of rotatable bonds is 7. The number of nitrogens with zero attached hydrogens (tertiary/aromatic N) is 2. The number of benzene rings is 2. The fourth-order valence-electron chi connectivity index (χ4n) is 3.72. The van der Waals surface area contributed by atoms with Crippen LogP contribution in [0.4, 0.5) is 0 Å². The molecule has 1 amide bonds. The molecule has 7 heteroatoms. The molecule has 0 fully saturated rings. The highest BCUT2D eigenvalue weighted by Crippen LogP contribution is 2.21. The number of halogens is 1. The Morgan fingerprint density at radius 1 is 1.10 bits per heavy atom. The van der Waals surface area contributed by atoms with E-state index >= 15 is 0 Å². The van der Waals surface area contributed by atoms with Gasteiger partial charge in [0.25, 0.3) is 11.5 Å². The number of hydrogen-bond acceptors (Lipinski definition) is 3. The van der Waals surface area contributed by atoms with Gasteiger partial charge in [-0.3, -0.25) is 9.59 Å². The Bertz CT molecular complexity index is 1080. The number of aromatic nitrogens is 2. The molecule has 3 aromatic rings. The van der Waals surface area contributed by atoms with Crippen LogP contribution in [0.5, 0.6) is 0 Å². The van der Waals surface area contributed by atoms with Crippen LogP contribution in [0.25, 0.3) is 10.8 Å². The molecule has 0 aliphatic rings. The summed E-state index contributed by atoms with van der Waals surface area (Å²) in [5.41, 5.74) is 1.03. The van der Waals surface area contributed by atoms with Gasteiger partial charge in [-0.2, -0.15) is 5.10 Å². The van der Waals surface area contributed by atoms with E-state index in [1.807, 2.05) is 24.3 Å². The number of amides is 1. The molecule has 2 N–H and O–H groups in total. The van der Waals surface area contributed by atoms with Gasteiger partial charge in [0.1, 0.15) is 6.04 Å². The summed E-state index contributed by atoms with van der Waals surface area (Å²) in [4.78, 5) is 26.6. The van der Waals surface area contributed by atoms with Crippen LogP contribution >= 0.6 is 11.6 Å². The second-order valence-corrected chi connectivity index (χ2v) is 7.38. The van der Waals surface area contributed by atoms with Gasteiger partial charge in [-0.05, 0) is 26.0 Å². The van der Waals surface area contributed by atoms with Gasteiger partial charge in [-0.15, -0.1) is 0 Å². The minimum absolute atomic E-state index is 0.0152. The van der Waals surface area contributed by atoms with Crippen molar-refractivity contribution in [2.45, 2.75) is 19.9 Å². The Kier molecular flexibility index (Phi) is 6.67. The number of quaternary nitrogens is 1. The normalized spacial score (nSPS) is 12.3. The molecule has 1 heterocycles. The summed E-state index contributed by atoms with van der Waals surface area (Å²) in [6.45, 7) is 6.46. The number of likely N-dealkylation sites (N-methyl/N-ethyl adjacent to an activating group) is 1. The Hall–Kier alpha value is -2.70. The third kappa shape index (κ3) is 4.33. The lowest BCUT2D eigenvalue weighted by atomic mass is 10.0. The maximum atomic E-state index is 13.0. The molecule has 0 bridgehead atoms. The lowest BCUT2D eigenvalue weighted by Crippen LogP contribution is -3.12. The van der Waals surface area contributed by atoms with E-state index in [-0.39, 0.29) is 23.2 Å². The number of nitrogens with one attached hydrogen (secondary N) is 2. The zero-order valence-electron chi connectivity index (χ0n) is 16.9. The van der Waals surface area contributed by atoms with Crippen molar-refractivity contribution in [1.29, 1.82) is 0 Å². The SMILES string of the molecule is CC[NH+](CC)[C@@H](CNC(=O)c1nn(C)c(=O)c2ccccc12)c1ccccc1Cl. The molecule has 0 aliphatic heterocycles. The monoisotopic (exact) mass is 413 g/mol. The highest BCUT2D eigenvalue weighted by Gasteiger charge is 2.25. The zero-order chi connectivity index (χ0) is 21.0. The fourth-order valence-corrected chi connectivity index (χ4v) is 3.99. The van der Waals surface area contributed by atoms with Crippen LogP contribution in [0.1, 0.15) is 35.9 Å². The van der Waals surface area contributed by atoms with E-state index in [2.05, 4.69) is 24.3 Å². The molecule has 0 spiro atoms. The Labute approximate surface area is 175 Å². The summed E-state index contributed by atoms with van der Waals surface area (Å²) < 4.78 is 1.21. The van der Waals surface area contributed by atoms with Crippen molar-refractivity contribution in [3.63, 3.8) is 0 Å². The smallest absolute Gasteiger partial charge is 0.274 e. The second kappa shape index (κ2) is 9.20. The summed E-state index contributed by atoms with van der Waals surface area (Å²) >= 11 is 6.45. The van der Waals surface area contributed by atoms with Crippen molar-refractivity contribution in [2.24, 2.45) is 7.05 Å². The molecule has 0 saturated carbocycles. The molecular weight excluding hydrogens is 388 g/mol. The third-order valence-corrected chi connectivity index (χ3v) is 5.66. The maximum absolute atomic E-state index is 13.0. The molecule has 1 atom stereocenters. The van der Waals surface area contributed by atoms with Gasteiger partial charge >= 0.3 is 0 Å². The Balaban J connectivity index is 1.92. The minimum atomic E-state index is -0.305. The number of hydrogen-bond donors (Lipinski definition) is 2. The molecule has 1 aromatic heterocycles. The van der Waals surface area contributed by atoms with E-state index in [1.165, 1.54) is 9.58 Å². The topological polar surface area (TPSA) is 68.4 Å². The van der Waals surface area contributed by atoms with Gasteiger partial charge in [0.05, 0.1) is 25.0 Å². The van der Waals surface area contributed by atoms with Crippen LogP contribution in [0, 0.1) is 0 Å². The Morgan fingerprint density at radius 3 is 2.38 bits per heavy atom. The molecule has 2 aromatic carbocycles. The van der Waals surface area contributed by atoms with Crippen molar-refractivity contribution in [1.82, 2.24) is 15.1 Å². The van der Waals surface area contributed by atoms with Crippen molar-refractivity contribution in [3.8, 4) is 0 Å². The van der Waals surface area contributed by atoms with Gasteiger partial charge < -0.3 is 10.2 Å². The first-order chi connectivity index (χ1) is 14.0. The summed E-state index contributed by atoms with van der Waals surface area (Å²) in [7, 11) is 1.55. The van der Waals surface area contributed by atoms with E-state index in [0.29, 0.717) is 22.3 Å². The number of carbonyl (C=O) groups is 1. The van der Waals surface area contributed by atoms with Crippen LogP contribution < -0.4 is 15.8 Å². The van der Waals surface area contributed by atoms with Crippen molar-refractivity contribution in [3.05, 3.63) is 75.2 Å². The molecule has 0 unspecified atom stereocenters. The van der Waals surface area contributed by atoms with E-state index < -0.39 is 0 Å². The molecule has 29 heavy (non-hydrogen) atoms. The van der Waals surface area contributed by atoms with Gasteiger partial charge in [0, 0.05) is 23.0 Å². The number of aryl methyl sites for hydroxylation is 1. The molecule has 3 rings (SSSR count). The standard InChI is InChI=1S/C22H25ClN4O2/c1-4-27(5-2)19(17-12-8-9-13-18(17)23)14-24-21(28)20-15-10-6-7-11-16(15)22(29)26(3)25-20/h6-13,19H,4-5,14H2,1-3H3,(H,24,28)/p+1/t19-/m0/s1. The summed E-state index contributed by atoms with van der Waals surface area (Å²) in [6, 6.07) is 14.8.